The van der Waals surface area contributed by atoms with Gasteiger partial charge in [0, 0.05) is 11.6 Å². The van der Waals surface area contributed by atoms with Crippen molar-refractivity contribution >= 4 is 31.5 Å². The molecule has 0 aliphatic heterocycles. The van der Waals surface area contributed by atoms with Gasteiger partial charge in [0.1, 0.15) is 0 Å². The van der Waals surface area contributed by atoms with Gasteiger partial charge in [0.25, 0.3) is 8.03 Å². The van der Waals surface area contributed by atoms with Crippen LogP contribution in [0.2, 0.25) is 0 Å². The highest BCUT2D eigenvalue weighted by Crippen LogP contribution is 2.51. The van der Waals surface area contributed by atoms with Gasteiger partial charge in [-0.3, -0.25) is 4.57 Å². The lowest BCUT2D eigenvalue weighted by atomic mass is 10.1. The number of benzene rings is 3. The quantitative estimate of drug-likeness (QED) is 0.153. The molecule has 0 bridgehead atoms. The van der Waals surface area contributed by atoms with Crippen molar-refractivity contribution in [1.29, 1.82) is 0 Å². The fourth-order valence-corrected chi connectivity index (χ4v) is 3.84. The normalized spacial score (nSPS) is 12.6. The van der Waals surface area contributed by atoms with Crippen molar-refractivity contribution in [2.24, 2.45) is 0 Å². The number of esters is 2. The van der Waals surface area contributed by atoms with Gasteiger partial charge < -0.3 is 14.6 Å². The molecule has 0 heterocycles. The number of carboxylic acid groups (broad SMARTS) is 1. The highest BCUT2D eigenvalue weighted by molar-refractivity contribution is 7.40. The van der Waals surface area contributed by atoms with E-state index in [9.17, 15) is 27.7 Å². The van der Waals surface area contributed by atoms with Gasteiger partial charge in [0.15, 0.2) is 0 Å². The summed E-state index contributed by atoms with van der Waals surface area (Å²) < 4.78 is 57.3. The minimum absolute atomic E-state index is 0.0127. The van der Waals surface area contributed by atoms with Crippen molar-refractivity contribution in [2.45, 2.75) is 19.1 Å². The Hall–Kier alpha value is -4.14. The van der Waals surface area contributed by atoms with Crippen LogP contribution in [0.15, 0.2) is 91.0 Å². The van der Waals surface area contributed by atoms with Crippen LogP contribution in [0, 0.1) is 0 Å². The first-order chi connectivity index (χ1) is 17.6. The largest absolute Gasteiger partial charge is 0.478 e. The lowest BCUT2D eigenvalue weighted by molar-refractivity contribution is -0.186. The van der Waals surface area contributed by atoms with Crippen molar-refractivity contribution in [1.82, 2.24) is 0 Å². The first-order valence-corrected chi connectivity index (χ1v) is 12.0. The summed E-state index contributed by atoms with van der Waals surface area (Å²) >= 11 is 0. The van der Waals surface area contributed by atoms with E-state index in [2.05, 4.69) is 0 Å². The zero-order valence-electron chi connectivity index (χ0n) is 19.3. The number of carbonyl (C=O) groups is 3. The molecule has 3 aromatic carbocycles. The summed E-state index contributed by atoms with van der Waals surface area (Å²) in [6.45, 7) is -0.849. The van der Waals surface area contributed by atoms with Gasteiger partial charge in [-0.05, 0) is 42.3 Å². The van der Waals surface area contributed by atoms with Gasteiger partial charge in [0.2, 0.25) is 0 Å². The second kappa shape index (κ2) is 12.2. The number of hydrogen-bond acceptors (Lipinski definition) is 7. The van der Waals surface area contributed by atoms with Crippen LogP contribution in [0.1, 0.15) is 38.8 Å². The predicted molar refractivity (Wildman–Crippen MR) is 129 cm³/mol. The zero-order valence-corrected chi connectivity index (χ0v) is 20.3. The molecule has 3 rings (SSSR count). The smallest absolute Gasteiger partial charge is 0.371 e. The Bertz CT molecular complexity index is 1260. The van der Waals surface area contributed by atoms with E-state index in [0.29, 0.717) is 11.1 Å². The minimum Gasteiger partial charge on any atom is -0.478 e. The average molecular weight is 530 g/mol. The van der Waals surface area contributed by atoms with E-state index in [4.69, 9.17) is 19.1 Å². The minimum atomic E-state index is -4.37. The molecule has 0 saturated heterocycles. The van der Waals surface area contributed by atoms with Crippen molar-refractivity contribution in [3.05, 3.63) is 113 Å². The third-order valence-electron chi connectivity index (χ3n) is 4.93. The number of allylic oxidation sites excluding steroid dienone is 1. The summed E-state index contributed by atoms with van der Waals surface area (Å²) in [5.74, 6) is -3.32. The molecule has 0 aliphatic carbocycles. The van der Waals surface area contributed by atoms with Crippen molar-refractivity contribution in [3.63, 3.8) is 0 Å². The molecule has 0 amide bonds. The Morgan fingerprint density at radius 1 is 0.811 bits per heavy atom. The van der Waals surface area contributed by atoms with Crippen LogP contribution in [0.5, 0.6) is 0 Å². The molecular formula is C26H21F2O8P. The van der Waals surface area contributed by atoms with Gasteiger partial charge in [-0.25, -0.2) is 18.9 Å². The fraction of sp³-hybridized carbons (Fsp3) is 0.115. The standard InChI is InChI=1S/C26H21F2O8P/c1-17(16-22(29)30)18-12-14-21(15-13-18)26(27,28)37(33)36-25(34-23(31)19-8-4-2-5-9-19)35-24(32)20-10-6-3-7-11-20/h2-16,25,37H,1H3,(H,29,30)/b17-16+. The first kappa shape index (κ1) is 27.4. The Morgan fingerprint density at radius 2 is 1.27 bits per heavy atom. The van der Waals surface area contributed by atoms with E-state index in [1.54, 1.807) is 12.1 Å². The maximum absolute atomic E-state index is 15.0. The van der Waals surface area contributed by atoms with Crippen LogP contribution in [0.4, 0.5) is 8.78 Å². The Labute approximate surface area is 211 Å². The van der Waals surface area contributed by atoms with Gasteiger partial charge in [0.05, 0.1) is 11.1 Å². The molecular weight excluding hydrogens is 509 g/mol. The topological polar surface area (TPSA) is 116 Å². The van der Waals surface area contributed by atoms with Crippen LogP contribution in [-0.2, 0) is 29.0 Å². The second-order valence-corrected chi connectivity index (χ2v) is 8.99. The van der Waals surface area contributed by atoms with E-state index < -0.39 is 43.6 Å². The van der Waals surface area contributed by atoms with Crippen molar-refractivity contribution in [3.8, 4) is 0 Å². The number of ether oxygens (including phenoxy) is 2. The van der Waals surface area contributed by atoms with E-state index in [1.165, 1.54) is 67.6 Å². The van der Waals surface area contributed by atoms with E-state index in [0.717, 1.165) is 18.2 Å². The summed E-state index contributed by atoms with van der Waals surface area (Å²) in [5.41, 5.74) is -4.06. The molecule has 0 aliphatic rings. The Kier molecular flexibility index (Phi) is 9.05. The van der Waals surface area contributed by atoms with Crippen LogP contribution >= 0.6 is 8.03 Å². The predicted octanol–water partition coefficient (Wildman–Crippen LogP) is 5.71. The molecule has 1 N–H and O–H groups in total. The highest BCUT2D eigenvalue weighted by Gasteiger charge is 2.42. The van der Waals surface area contributed by atoms with Crippen LogP contribution in [-0.4, -0.2) is 29.5 Å². The fourth-order valence-electron chi connectivity index (χ4n) is 3.02. The average Bonchev–Trinajstić information content (AvgIpc) is 2.89. The van der Waals surface area contributed by atoms with Gasteiger partial charge in [-0.15, -0.1) is 0 Å². The van der Waals surface area contributed by atoms with Crippen LogP contribution in [0.3, 0.4) is 0 Å². The Balaban J connectivity index is 1.81. The number of alkyl halides is 2. The molecule has 0 spiro atoms. The van der Waals surface area contributed by atoms with Gasteiger partial charge in [-0.1, -0.05) is 60.7 Å². The molecule has 192 valence electrons. The van der Waals surface area contributed by atoms with Crippen molar-refractivity contribution < 1.29 is 46.8 Å². The monoisotopic (exact) mass is 530 g/mol. The number of hydrogen-bond donors (Lipinski definition) is 1. The van der Waals surface area contributed by atoms with Crippen molar-refractivity contribution in [2.75, 3.05) is 0 Å². The molecule has 37 heavy (non-hydrogen) atoms. The maximum atomic E-state index is 15.0. The number of aliphatic carboxylic acids is 1. The molecule has 8 nitrogen and oxygen atoms in total. The highest BCUT2D eigenvalue weighted by atomic mass is 31.1. The van der Waals surface area contributed by atoms with E-state index in [-0.39, 0.29) is 11.1 Å². The summed E-state index contributed by atoms with van der Waals surface area (Å²) in [4.78, 5) is 35.7. The molecule has 0 fully saturated rings. The zero-order chi connectivity index (χ0) is 27.0. The maximum Gasteiger partial charge on any atom is 0.371 e. The molecule has 0 radical (unpaired) electrons. The summed E-state index contributed by atoms with van der Waals surface area (Å²) in [6.07, 6.45) is 0.909. The SMILES string of the molecule is C/C(=C\C(=O)O)c1ccc(C(F)(F)[PH](=O)OC(OC(=O)c2ccccc2)OC(=O)c2ccccc2)cc1. The molecule has 0 aromatic heterocycles. The summed E-state index contributed by atoms with van der Waals surface area (Å²) in [7, 11) is -4.37. The Morgan fingerprint density at radius 3 is 1.70 bits per heavy atom. The van der Waals surface area contributed by atoms with Gasteiger partial charge >= 0.3 is 30.0 Å². The van der Waals surface area contributed by atoms with E-state index >= 15 is 0 Å². The third kappa shape index (κ3) is 7.42. The second-order valence-electron chi connectivity index (χ2n) is 7.55. The third-order valence-corrected chi connectivity index (χ3v) is 6.14. The number of halogens is 2. The molecule has 11 heteroatoms. The van der Waals surface area contributed by atoms with Crippen LogP contribution < -0.4 is 0 Å². The van der Waals surface area contributed by atoms with Crippen LogP contribution in [0.25, 0.3) is 5.57 Å². The lowest BCUT2D eigenvalue weighted by Crippen LogP contribution is -2.27. The lowest BCUT2D eigenvalue weighted by Gasteiger charge is -2.22. The first-order valence-electron chi connectivity index (χ1n) is 10.7. The summed E-state index contributed by atoms with van der Waals surface area (Å²) in [6, 6.07) is 19.2. The number of rotatable bonds is 10. The molecule has 0 saturated carbocycles. The molecule has 3 aromatic rings. The number of carboxylic acids is 1. The summed E-state index contributed by atoms with van der Waals surface area (Å²) in [5, 5.41) is 8.83. The van der Waals surface area contributed by atoms with Gasteiger partial charge in [-0.2, -0.15) is 8.78 Å². The van der Waals surface area contributed by atoms with E-state index in [1.807, 2.05) is 0 Å². The molecule has 1 unspecified atom stereocenters. The molecule has 1 atom stereocenters. The number of carbonyl (C=O) groups excluding carboxylic acids is 2.